The number of likely N-dealkylation sites (N-methyl/N-ethyl adjacent to an activating group) is 1. The maximum atomic E-state index is 12.3. The highest BCUT2D eigenvalue weighted by Crippen LogP contribution is 2.26. The summed E-state index contributed by atoms with van der Waals surface area (Å²) in [5.41, 5.74) is -0.591. The summed E-state index contributed by atoms with van der Waals surface area (Å²) in [6.07, 6.45) is 0. The third kappa shape index (κ3) is 3.87. The predicted molar refractivity (Wildman–Crippen MR) is 74.3 cm³/mol. The number of hydrogen-bond acceptors (Lipinski definition) is 2. The van der Waals surface area contributed by atoms with Crippen LogP contribution < -0.4 is 0 Å². The summed E-state index contributed by atoms with van der Waals surface area (Å²) in [5, 5.41) is 10.4. The van der Waals surface area contributed by atoms with Gasteiger partial charge in [-0.25, -0.2) is 0 Å². The van der Waals surface area contributed by atoms with Crippen LogP contribution in [-0.2, 0) is 0 Å². The summed E-state index contributed by atoms with van der Waals surface area (Å²) < 4.78 is 0. The van der Waals surface area contributed by atoms with E-state index in [0.717, 1.165) is 0 Å². The third-order valence-electron chi connectivity index (χ3n) is 2.43. The zero-order valence-electron chi connectivity index (χ0n) is 10.7. The van der Waals surface area contributed by atoms with Gasteiger partial charge in [-0.3, -0.25) is 4.79 Å². The molecule has 0 spiro atoms. The number of hydrogen-bond donors (Lipinski definition) is 1. The minimum absolute atomic E-state index is 0.230. The van der Waals surface area contributed by atoms with Gasteiger partial charge in [-0.2, -0.15) is 0 Å². The molecule has 18 heavy (non-hydrogen) atoms. The predicted octanol–water partition coefficient (Wildman–Crippen LogP) is 3.23. The molecule has 1 aromatic carbocycles. The quantitative estimate of drug-likeness (QED) is 0.925. The first-order valence-corrected chi connectivity index (χ1v) is 6.47. The lowest BCUT2D eigenvalue weighted by molar-refractivity contribution is 0.0315. The summed E-state index contributed by atoms with van der Waals surface area (Å²) in [4.78, 5) is 13.8. The van der Waals surface area contributed by atoms with Crippen molar-refractivity contribution in [1.29, 1.82) is 0 Å². The highest BCUT2D eigenvalue weighted by molar-refractivity contribution is 6.43. The van der Waals surface area contributed by atoms with Gasteiger partial charge in [-0.05, 0) is 32.9 Å². The van der Waals surface area contributed by atoms with Crippen molar-refractivity contribution in [3.05, 3.63) is 33.8 Å². The van der Waals surface area contributed by atoms with Crippen molar-refractivity contribution < 1.29 is 9.90 Å². The molecule has 0 aliphatic rings. The number of carbonyl (C=O) groups is 1. The Kier molecular flexibility index (Phi) is 5.02. The van der Waals surface area contributed by atoms with Crippen molar-refractivity contribution in [2.45, 2.75) is 26.4 Å². The molecule has 0 radical (unpaired) electrons. The first kappa shape index (κ1) is 15.3. The molecule has 1 N–H and O–H groups in total. The number of nitrogens with zero attached hydrogens (tertiary/aromatic N) is 1. The van der Waals surface area contributed by atoms with Crippen LogP contribution in [0.15, 0.2) is 18.2 Å². The number of aliphatic hydroxyl groups is 1. The van der Waals surface area contributed by atoms with E-state index in [4.69, 9.17) is 23.2 Å². The van der Waals surface area contributed by atoms with Gasteiger partial charge in [0.05, 0.1) is 21.2 Å². The van der Waals surface area contributed by atoms with Gasteiger partial charge in [-0.1, -0.05) is 29.3 Å². The van der Waals surface area contributed by atoms with Gasteiger partial charge in [-0.15, -0.1) is 0 Å². The van der Waals surface area contributed by atoms with Crippen molar-refractivity contribution in [2.75, 3.05) is 13.1 Å². The molecule has 100 valence electrons. The van der Waals surface area contributed by atoms with Crippen molar-refractivity contribution in [3.8, 4) is 0 Å². The topological polar surface area (TPSA) is 40.5 Å². The molecule has 0 aliphatic heterocycles. The Morgan fingerprint density at radius 1 is 1.39 bits per heavy atom. The molecule has 0 aliphatic carbocycles. The molecule has 1 amide bonds. The van der Waals surface area contributed by atoms with Crippen LogP contribution in [0.2, 0.25) is 10.0 Å². The Morgan fingerprint density at radius 2 is 2.00 bits per heavy atom. The summed E-state index contributed by atoms with van der Waals surface area (Å²) in [6.45, 7) is 5.89. The van der Waals surface area contributed by atoms with E-state index in [0.29, 0.717) is 17.1 Å². The second kappa shape index (κ2) is 5.91. The summed E-state index contributed by atoms with van der Waals surface area (Å²) in [7, 11) is 0. The Morgan fingerprint density at radius 3 is 2.50 bits per heavy atom. The number of halogens is 2. The third-order valence-corrected chi connectivity index (χ3v) is 3.25. The summed E-state index contributed by atoms with van der Waals surface area (Å²) in [5.74, 6) is -0.230. The highest BCUT2D eigenvalue weighted by atomic mass is 35.5. The lowest BCUT2D eigenvalue weighted by atomic mass is 10.1. The molecule has 3 nitrogen and oxygen atoms in total. The van der Waals surface area contributed by atoms with Crippen molar-refractivity contribution >= 4 is 29.1 Å². The minimum Gasteiger partial charge on any atom is -0.389 e. The van der Waals surface area contributed by atoms with Crippen LogP contribution >= 0.6 is 23.2 Å². The van der Waals surface area contributed by atoms with Crippen LogP contribution in [0.25, 0.3) is 0 Å². The standard InChI is InChI=1S/C13H17Cl2NO2/c1-4-16(8-13(2,3)18)12(17)9-6-5-7-10(14)11(9)15/h5-7,18H,4,8H2,1-3H3. The smallest absolute Gasteiger partial charge is 0.255 e. The fraction of sp³-hybridized carbons (Fsp3) is 0.462. The normalized spacial score (nSPS) is 11.4. The molecule has 0 atom stereocenters. The van der Waals surface area contributed by atoms with Crippen LogP contribution in [0.3, 0.4) is 0 Å². The molecular weight excluding hydrogens is 273 g/mol. The second-order valence-electron chi connectivity index (χ2n) is 4.73. The molecule has 0 bridgehead atoms. The van der Waals surface area contributed by atoms with Crippen molar-refractivity contribution in [1.82, 2.24) is 4.90 Å². The van der Waals surface area contributed by atoms with E-state index in [2.05, 4.69) is 0 Å². The van der Waals surface area contributed by atoms with Crippen LogP contribution in [0, 0.1) is 0 Å². The minimum atomic E-state index is -0.948. The van der Waals surface area contributed by atoms with Gasteiger partial charge < -0.3 is 10.0 Å². The Balaban J connectivity index is 3.01. The summed E-state index contributed by atoms with van der Waals surface area (Å²) >= 11 is 11.9. The van der Waals surface area contributed by atoms with Crippen LogP contribution in [0.4, 0.5) is 0 Å². The number of benzene rings is 1. The average molecular weight is 290 g/mol. The molecular formula is C13H17Cl2NO2. The Labute approximate surface area is 117 Å². The van der Waals surface area contributed by atoms with Crippen LogP contribution in [-0.4, -0.2) is 34.6 Å². The van der Waals surface area contributed by atoms with E-state index in [1.165, 1.54) is 4.90 Å². The Bertz CT molecular complexity index is 441. The maximum Gasteiger partial charge on any atom is 0.255 e. The van der Waals surface area contributed by atoms with E-state index in [1.54, 1.807) is 32.0 Å². The number of rotatable bonds is 4. The fourth-order valence-electron chi connectivity index (χ4n) is 1.63. The SMILES string of the molecule is CCN(CC(C)(C)O)C(=O)c1cccc(Cl)c1Cl. The maximum absolute atomic E-state index is 12.3. The fourth-order valence-corrected chi connectivity index (χ4v) is 2.01. The molecule has 5 heteroatoms. The van der Waals surface area contributed by atoms with Gasteiger partial charge in [0.25, 0.3) is 5.91 Å². The van der Waals surface area contributed by atoms with E-state index in [1.807, 2.05) is 6.92 Å². The molecule has 0 unspecified atom stereocenters. The van der Waals surface area contributed by atoms with Gasteiger partial charge in [0, 0.05) is 13.1 Å². The number of carbonyl (C=O) groups excluding carboxylic acids is 1. The Hall–Kier alpha value is -0.770. The molecule has 0 aromatic heterocycles. The van der Waals surface area contributed by atoms with E-state index in [9.17, 15) is 9.90 Å². The average Bonchev–Trinajstić information content (AvgIpc) is 2.27. The van der Waals surface area contributed by atoms with Crippen molar-refractivity contribution in [2.24, 2.45) is 0 Å². The van der Waals surface area contributed by atoms with Gasteiger partial charge in [0.1, 0.15) is 0 Å². The second-order valence-corrected chi connectivity index (χ2v) is 5.52. The van der Waals surface area contributed by atoms with E-state index in [-0.39, 0.29) is 17.5 Å². The zero-order chi connectivity index (χ0) is 13.9. The van der Waals surface area contributed by atoms with E-state index < -0.39 is 5.60 Å². The molecule has 0 saturated carbocycles. The largest absolute Gasteiger partial charge is 0.389 e. The van der Waals surface area contributed by atoms with Crippen molar-refractivity contribution in [3.63, 3.8) is 0 Å². The van der Waals surface area contributed by atoms with Gasteiger partial charge in [0.2, 0.25) is 0 Å². The lowest BCUT2D eigenvalue weighted by Gasteiger charge is -2.28. The highest BCUT2D eigenvalue weighted by Gasteiger charge is 2.24. The molecule has 0 heterocycles. The molecule has 1 aromatic rings. The first-order valence-electron chi connectivity index (χ1n) is 5.72. The summed E-state index contributed by atoms with van der Waals surface area (Å²) in [6, 6.07) is 4.94. The monoisotopic (exact) mass is 289 g/mol. The molecule has 1 rings (SSSR count). The number of amides is 1. The van der Waals surface area contributed by atoms with Gasteiger partial charge in [0.15, 0.2) is 0 Å². The molecule has 0 fully saturated rings. The first-order chi connectivity index (χ1) is 8.26. The van der Waals surface area contributed by atoms with Gasteiger partial charge >= 0.3 is 0 Å². The lowest BCUT2D eigenvalue weighted by Crippen LogP contribution is -2.42. The van der Waals surface area contributed by atoms with Crippen LogP contribution in [0.1, 0.15) is 31.1 Å². The molecule has 0 saturated heterocycles. The zero-order valence-corrected chi connectivity index (χ0v) is 12.2. The van der Waals surface area contributed by atoms with E-state index >= 15 is 0 Å². The van der Waals surface area contributed by atoms with Crippen LogP contribution in [0.5, 0.6) is 0 Å².